The SMILES string of the molecule is CNC(C)c1ccc(Br)cc1N1CCC(COC)C1. The van der Waals surface area contributed by atoms with Crippen LogP contribution >= 0.6 is 15.9 Å². The highest BCUT2D eigenvalue weighted by molar-refractivity contribution is 9.10. The van der Waals surface area contributed by atoms with Gasteiger partial charge in [-0.25, -0.2) is 0 Å². The predicted octanol–water partition coefficient (Wildman–Crippen LogP) is 3.20. The molecular weight excluding hydrogens is 304 g/mol. The number of nitrogens with one attached hydrogen (secondary N) is 1. The molecule has 0 bridgehead atoms. The van der Waals surface area contributed by atoms with Crippen LogP contribution in [0.5, 0.6) is 0 Å². The second-order valence-electron chi connectivity index (χ2n) is 5.27. The summed E-state index contributed by atoms with van der Waals surface area (Å²) in [5, 5.41) is 3.33. The predicted molar refractivity (Wildman–Crippen MR) is 83.8 cm³/mol. The van der Waals surface area contributed by atoms with Gasteiger partial charge in [0.2, 0.25) is 0 Å². The third-order valence-electron chi connectivity index (χ3n) is 3.92. The van der Waals surface area contributed by atoms with Crippen molar-refractivity contribution in [1.82, 2.24) is 5.32 Å². The highest BCUT2D eigenvalue weighted by Crippen LogP contribution is 2.33. The van der Waals surface area contributed by atoms with Crippen molar-refractivity contribution < 1.29 is 4.74 Å². The van der Waals surface area contributed by atoms with E-state index in [0.717, 1.165) is 24.2 Å². The summed E-state index contributed by atoms with van der Waals surface area (Å²) in [5.74, 6) is 0.654. The number of benzene rings is 1. The van der Waals surface area contributed by atoms with Crippen molar-refractivity contribution >= 4 is 21.6 Å². The number of rotatable bonds is 5. The minimum atomic E-state index is 0.365. The molecule has 0 saturated carbocycles. The fourth-order valence-corrected chi connectivity index (χ4v) is 3.08. The molecule has 1 N–H and O–H groups in total. The summed E-state index contributed by atoms with van der Waals surface area (Å²) in [4.78, 5) is 2.48. The van der Waals surface area contributed by atoms with Gasteiger partial charge >= 0.3 is 0 Å². The van der Waals surface area contributed by atoms with Crippen LogP contribution in [-0.2, 0) is 4.74 Å². The molecule has 106 valence electrons. The fourth-order valence-electron chi connectivity index (χ4n) is 2.74. The number of nitrogens with zero attached hydrogens (tertiary/aromatic N) is 1. The molecule has 2 rings (SSSR count). The molecule has 4 heteroatoms. The molecule has 0 radical (unpaired) electrons. The molecule has 1 heterocycles. The molecule has 1 aromatic rings. The first kappa shape index (κ1) is 14.8. The van der Waals surface area contributed by atoms with Crippen molar-refractivity contribution in [2.45, 2.75) is 19.4 Å². The Hall–Kier alpha value is -0.580. The van der Waals surface area contributed by atoms with Crippen molar-refractivity contribution in [3.63, 3.8) is 0 Å². The van der Waals surface area contributed by atoms with Crippen LogP contribution in [0.3, 0.4) is 0 Å². The van der Waals surface area contributed by atoms with Crippen LogP contribution in [0.15, 0.2) is 22.7 Å². The van der Waals surface area contributed by atoms with Crippen molar-refractivity contribution in [2.75, 3.05) is 38.8 Å². The second-order valence-corrected chi connectivity index (χ2v) is 6.19. The maximum absolute atomic E-state index is 5.28. The Morgan fingerprint density at radius 3 is 3.00 bits per heavy atom. The normalized spacial score (nSPS) is 20.8. The molecule has 1 fully saturated rings. The maximum Gasteiger partial charge on any atom is 0.0508 e. The van der Waals surface area contributed by atoms with Crippen LogP contribution in [0.25, 0.3) is 0 Å². The zero-order valence-corrected chi connectivity index (χ0v) is 13.5. The summed E-state index contributed by atoms with van der Waals surface area (Å²) >= 11 is 3.59. The van der Waals surface area contributed by atoms with E-state index < -0.39 is 0 Å². The molecule has 3 nitrogen and oxygen atoms in total. The third kappa shape index (κ3) is 3.50. The second kappa shape index (κ2) is 6.73. The highest BCUT2D eigenvalue weighted by Gasteiger charge is 2.25. The molecule has 0 aliphatic carbocycles. The Kier molecular flexibility index (Phi) is 5.25. The van der Waals surface area contributed by atoms with Crippen LogP contribution < -0.4 is 10.2 Å². The molecule has 19 heavy (non-hydrogen) atoms. The minimum Gasteiger partial charge on any atom is -0.384 e. The number of halogens is 1. The van der Waals surface area contributed by atoms with Crippen LogP contribution in [0.2, 0.25) is 0 Å². The lowest BCUT2D eigenvalue weighted by atomic mass is 10.1. The van der Waals surface area contributed by atoms with Gasteiger partial charge in [0.1, 0.15) is 0 Å². The van der Waals surface area contributed by atoms with Gasteiger partial charge in [-0.05, 0) is 38.1 Å². The Labute approximate surface area is 124 Å². The molecule has 0 aromatic heterocycles. The lowest BCUT2D eigenvalue weighted by Crippen LogP contribution is -2.24. The number of hydrogen-bond acceptors (Lipinski definition) is 3. The van der Waals surface area contributed by atoms with E-state index in [1.54, 1.807) is 7.11 Å². The van der Waals surface area contributed by atoms with Gasteiger partial charge < -0.3 is 15.0 Å². The van der Waals surface area contributed by atoms with Gasteiger partial charge in [-0.3, -0.25) is 0 Å². The smallest absolute Gasteiger partial charge is 0.0508 e. The average molecular weight is 327 g/mol. The molecule has 0 amide bonds. The van der Waals surface area contributed by atoms with E-state index in [9.17, 15) is 0 Å². The molecule has 1 aliphatic heterocycles. The summed E-state index contributed by atoms with van der Waals surface area (Å²) in [6.45, 7) is 5.28. The van der Waals surface area contributed by atoms with Gasteiger partial charge in [0.05, 0.1) is 6.61 Å². The summed E-state index contributed by atoms with van der Waals surface area (Å²) in [6, 6.07) is 6.93. The Balaban J connectivity index is 2.21. The lowest BCUT2D eigenvalue weighted by molar-refractivity contribution is 0.161. The van der Waals surface area contributed by atoms with Crippen molar-refractivity contribution in [2.24, 2.45) is 5.92 Å². The molecule has 2 unspecified atom stereocenters. The van der Waals surface area contributed by atoms with Gasteiger partial charge in [0.25, 0.3) is 0 Å². The van der Waals surface area contributed by atoms with Gasteiger partial charge in [-0.2, -0.15) is 0 Å². The third-order valence-corrected chi connectivity index (χ3v) is 4.41. The standard InChI is InChI=1S/C15H23BrN2O/c1-11(17-2)14-5-4-13(16)8-15(14)18-7-6-12(9-18)10-19-3/h4-5,8,11-12,17H,6-7,9-10H2,1-3H3. The van der Waals surface area contributed by atoms with Crippen molar-refractivity contribution in [3.05, 3.63) is 28.2 Å². The monoisotopic (exact) mass is 326 g/mol. The number of hydrogen-bond donors (Lipinski definition) is 1. The van der Waals surface area contributed by atoms with E-state index in [1.807, 2.05) is 7.05 Å². The van der Waals surface area contributed by atoms with Crippen LogP contribution in [0.1, 0.15) is 24.9 Å². The van der Waals surface area contributed by atoms with Gasteiger partial charge in [-0.1, -0.05) is 22.0 Å². The number of ether oxygens (including phenoxy) is 1. The topological polar surface area (TPSA) is 24.5 Å². The van der Waals surface area contributed by atoms with E-state index in [-0.39, 0.29) is 0 Å². The number of methoxy groups -OCH3 is 1. The van der Waals surface area contributed by atoms with E-state index in [0.29, 0.717) is 12.0 Å². The van der Waals surface area contributed by atoms with Crippen molar-refractivity contribution in [1.29, 1.82) is 0 Å². The lowest BCUT2D eigenvalue weighted by Gasteiger charge is -2.25. The number of anilines is 1. The molecule has 0 spiro atoms. The largest absolute Gasteiger partial charge is 0.384 e. The Morgan fingerprint density at radius 2 is 2.32 bits per heavy atom. The summed E-state index contributed by atoms with van der Waals surface area (Å²) in [7, 11) is 3.80. The van der Waals surface area contributed by atoms with E-state index in [1.165, 1.54) is 17.7 Å². The Morgan fingerprint density at radius 1 is 1.53 bits per heavy atom. The van der Waals surface area contributed by atoms with Gasteiger partial charge in [-0.15, -0.1) is 0 Å². The summed E-state index contributed by atoms with van der Waals surface area (Å²) in [5.41, 5.74) is 2.71. The van der Waals surface area contributed by atoms with Crippen LogP contribution in [-0.4, -0.2) is 33.9 Å². The minimum absolute atomic E-state index is 0.365. The van der Waals surface area contributed by atoms with Crippen molar-refractivity contribution in [3.8, 4) is 0 Å². The summed E-state index contributed by atoms with van der Waals surface area (Å²) in [6.07, 6.45) is 1.22. The average Bonchev–Trinajstić information content (AvgIpc) is 2.87. The maximum atomic E-state index is 5.28. The van der Waals surface area contributed by atoms with Crippen LogP contribution in [0.4, 0.5) is 5.69 Å². The van der Waals surface area contributed by atoms with Gasteiger partial charge in [0.15, 0.2) is 0 Å². The van der Waals surface area contributed by atoms with Crippen LogP contribution in [0, 0.1) is 5.92 Å². The quantitative estimate of drug-likeness (QED) is 0.899. The molecular formula is C15H23BrN2O. The highest BCUT2D eigenvalue weighted by atomic mass is 79.9. The van der Waals surface area contributed by atoms with E-state index in [4.69, 9.17) is 4.74 Å². The first-order chi connectivity index (χ1) is 9.15. The molecule has 2 atom stereocenters. The van der Waals surface area contributed by atoms with E-state index in [2.05, 4.69) is 51.3 Å². The summed E-state index contributed by atoms with van der Waals surface area (Å²) < 4.78 is 6.43. The van der Waals surface area contributed by atoms with Gasteiger partial charge in [0, 0.05) is 42.3 Å². The van der Waals surface area contributed by atoms with E-state index >= 15 is 0 Å². The molecule has 1 saturated heterocycles. The zero-order chi connectivity index (χ0) is 13.8. The zero-order valence-electron chi connectivity index (χ0n) is 11.9. The first-order valence-electron chi connectivity index (χ1n) is 6.86. The molecule has 1 aromatic carbocycles. The first-order valence-corrected chi connectivity index (χ1v) is 7.65. The Bertz CT molecular complexity index is 425. The molecule has 1 aliphatic rings. The fraction of sp³-hybridized carbons (Fsp3) is 0.600.